The molecule has 0 aliphatic rings. The average Bonchev–Trinajstić information content (AvgIpc) is 3.27. The molecule has 4 N–H and O–H groups in total. The van der Waals surface area contributed by atoms with E-state index in [4.69, 9.17) is 5.73 Å². The van der Waals surface area contributed by atoms with Gasteiger partial charge in [0.15, 0.2) is 5.13 Å². The predicted octanol–water partition coefficient (Wildman–Crippen LogP) is 4.51. The van der Waals surface area contributed by atoms with Gasteiger partial charge in [0.2, 0.25) is 0 Å². The van der Waals surface area contributed by atoms with E-state index in [1.165, 1.54) is 11.3 Å². The third kappa shape index (κ3) is 6.55. The van der Waals surface area contributed by atoms with Gasteiger partial charge in [-0.1, -0.05) is 41.7 Å². The summed E-state index contributed by atoms with van der Waals surface area (Å²) in [5.41, 5.74) is 8.85. The number of rotatable bonds is 9. The van der Waals surface area contributed by atoms with Crippen molar-refractivity contribution in [1.29, 1.82) is 0 Å². The third-order valence-corrected chi connectivity index (χ3v) is 6.42. The molecular formula is C26H29N7O2S. The number of thiazole rings is 1. The molecule has 0 atom stereocenters. The highest BCUT2D eigenvalue weighted by Crippen LogP contribution is 2.25. The zero-order valence-corrected chi connectivity index (χ0v) is 21.1. The maximum Gasteiger partial charge on any atom is 0.323 e. The molecule has 4 aromatic rings. The minimum absolute atomic E-state index is 0.228. The summed E-state index contributed by atoms with van der Waals surface area (Å²) in [6, 6.07) is 18.1. The molecule has 0 unspecified atom stereocenters. The minimum Gasteiger partial charge on any atom is -0.397 e. The van der Waals surface area contributed by atoms with Crippen LogP contribution in [-0.4, -0.2) is 58.9 Å². The summed E-state index contributed by atoms with van der Waals surface area (Å²) in [6.45, 7) is 1.76. The fourth-order valence-electron chi connectivity index (χ4n) is 3.60. The number of nitrogens with two attached hydrogens (primary N) is 1. The number of nitrogens with one attached hydrogen (secondary N) is 2. The van der Waals surface area contributed by atoms with Gasteiger partial charge in [-0.05, 0) is 63.0 Å². The number of nitrogen functional groups attached to an aromatic ring is 1. The molecule has 10 heteroatoms. The van der Waals surface area contributed by atoms with Crippen molar-refractivity contribution in [1.82, 2.24) is 19.8 Å². The monoisotopic (exact) mass is 503 g/mol. The molecule has 0 saturated carbocycles. The van der Waals surface area contributed by atoms with Crippen LogP contribution >= 0.6 is 11.3 Å². The van der Waals surface area contributed by atoms with Crippen molar-refractivity contribution >= 4 is 50.0 Å². The second-order valence-electron chi connectivity index (χ2n) is 8.59. The maximum atomic E-state index is 13.2. The zero-order chi connectivity index (χ0) is 25.5. The minimum atomic E-state index is -0.351. The standard InChI is InChI=1S/C26H29N7O2S/c1-32(2)14-7-15-33(26(35)31-25-30-21-10-5-6-11-23(21)36-25)17-18-12-13-22(28-16-18)24(34)29-20-9-4-3-8-19(20)27/h3-6,8-13,16H,7,14-15,17,27H2,1-2H3,(H,29,34)(H,30,31,35). The van der Waals surface area contributed by atoms with Gasteiger partial charge in [0.05, 0.1) is 21.6 Å². The highest BCUT2D eigenvalue weighted by atomic mass is 32.1. The van der Waals surface area contributed by atoms with Crippen molar-refractivity contribution in [2.24, 2.45) is 0 Å². The van der Waals surface area contributed by atoms with E-state index in [0.717, 1.165) is 28.7 Å². The topological polar surface area (TPSA) is 116 Å². The first kappa shape index (κ1) is 25.1. The van der Waals surface area contributed by atoms with Crippen LogP contribution in [0.25, 0.3) is 10.2 Å². The van der Waals surface area contributed by atoms with Crippen LogP contribution < -0.4 is 16.4 Å². The van der Waals surface area contributed by atoms with Gasteiger partial charge in [-0.2, -0.15) is 0 Å². The zero-order valence-electron chi connectivity index (χ0n) is 20.3. The number of carbonyl (C=O) groups is 2. The molecular weight excluding hydrogens is 474 g/mol. The highest BCUT2D eigenvalue weighted by molar-refractivity contribution is 7.22. The van der Waals surface area contributed by atoms with Gasteiger partial charge >= 0.3 is 6.03 Å². The van der Waals surface area contributed by atoms with E-state index in [0.29, 0.717) is 29.6 Å². The lowest BCUT2D eigenvalue weighted by atomic mass is 10.2. The highest BCUT2D eigenvalue weighted by Gasteiger charge is 2.17. The number of hydrogen-bond donors (Lipinski definition) is 3. The summed E-state index contributed by atoms with van der Waals surface area (Å²) in [4.78, 5) is 38.4. The molecule has 186 valence electrons. The molecule has 0 aliphatic carbocycles. The smallest absolute Gasteiger partial charge is 0.323 e. The van der Waals surface area contributed by atoms with E-state index in [-0.39, 0.29) is 17.6 Å². The van der Waals surface area contributed by atoms with Gasteiger partial charge in [0.25, 0.3) is 5.91 Å². The summed E-state index contributed by atoms with van der Waals surface area (Å²) in [6.07, 6.45) is 2.43. The molecule has 0 fully saturated rings. The molecule has 4 rings (SSSR count). The van der Waals surface area contributed by atoms with Crippen molar-refractivity contribution in [3.8, 4) is 0 Å². The molecule has 0 radical (unpaired) electrons. The number of benzene rings is 2. The normalized spacial score (nSPS) is 11.0. The van der Waals surface area contributed by atoms with Crippen LogP contribution in [0.3, 0.4) is 0 Å². The largest absolute Gasteiger partial charge is 0.397 e. The maximum absolute atomic E-state index is 13.2. The summed E-state index contributed by atoms with van der Waals surface area (Å²) >= 11 is 1.44. The van der Waals surface area contributed by atoms with E-state index < -0.39 is 0 Å². The number of nitrogens with zero attached hydrogens (tertiary/aromatic N) is 4. The Morgan fingerprint density at radius 1 is 0.972 bits per heavy atom. The number of fused-ring (bicyclic) bond motifs is 1. The number of para-hydroxylation sites is 3. The third-order valence-electron chi connectivity index (χ3n) is 5.47. The lowest BCUT2D eigenvalue weighted by Gasteiger charge is -2.23. The van der Waals surface area contributed by atoms with Gasteiger partial charge in [0.1, 0.15) is 5.69 Å². The second-order valence-corrected chi connectivity index (χ2v) is 9.62. The van der Waals surface area contributed by atoms with Crippen molar-refractivity contribution in [2.75, 3.05) is 43.6 Å². The summed E-state index contributed by atoms with van der Waals surface area (Å²) in [5, 5.41) is 6.27. The second kappa shape index (κ2) is 11.6. The Morgan fingerprint density at radius 2 is 1.75 bits per heavy atom. The lowest BCUT2D eigenvalue weighted by Crippen LogP contribution is -2.36. The Kier molecular flexibility index (Phi) is 8.09. The average molecular weight is 504 g/mol. The summed E-state index contributed by atoms with van der Waals surface area (Å²) in [5.74, 6) is -0.351. The summed E-state index contributed by atoms with van der Waals surface area (Å²) in [7, 11) is 4.00. The molecule has 2 aromatic carbocycles. The van der Waals surface area contributed by atoms with Gasteiger partial charge in [-0.25, -0.2) is 9.78 Å². The number of aromatic nitrogens is 2. The van der Waals surface area contributed by atoms with Crippen molar-refractivity contribution < 1.29 is 9.59 Å². The van der Waals surface area contributed by atoms with Crippen LogP contribution in [0.4, 0.5) is 21.3 Å². The SMILES string of the molecule is CN(C)CCCN(Cc1ccc(C(=O)Nc2ccccc2N)nc1)C(=O)Nc1nc2ccccc2s1. The molecule has 2 aromatic heterocycles. The number of anilines is 3. The predicted molar refractivity (Wildman–Crippen MR) is 145 cm³/mol. The van der Waals surface area contributed by atoms with Gasteiger partial charge in [-0.3, -0.25) is 15.1 Å². The number of hydrogen-bond acceptors (Lipinski definition) is 7. The Morgan fingerprint density at radius 3 is 2.47 bits per heavy atom. The molecule has 0 bridgehead atoms. The van der Waals surface area contributed by atoms with Crippen molar-refractivity contribution in [3.63, 3.8) is 0 Å². The molecule has 3 amide bonds. The van der Waals surface area contributed by atoms with Crippen molar-refractivity contribution in [2.45, 2.75) is 13.0 Å². The van der Waals surface area contributed by atoms with E-state index in [9.17, 15) is 9.59 Å². The van der Waals surface area contributed by atoms with E-state index in [1.54, 1.807) is 47.5 Å². The number of urea groups is 1. The first-order valence-corrected chi connectivity index (χ1v) is 12.4. The fourth-order valence-corrected chi connectivity index (χ4v) is 4.45. The number of amides is 3. The van der Waals surface area contributed by atoms with Crippen LogP contribution in [0.2, 0.25) is 0 Å². The van der Waals surface area contributed by atoms with Crippen LogP contribution in [0.15, 0.2) is 66.9 Å². The summed E-state index contributed by atoms with van der Waals surface area (Å²) < 4.78 is 1.02. The van der Waals surface area contributed by atoms with Gasteiger partial charge in [0, 0.05) is 19.3 Å². The number of carbonyl (C=O) groups excluding carboxylic acids is 2. The Balaban J connectivity index is 1.43. The van der Waals surface area contributed by atoms with E-state index in [2.05, 4.69) is 25.5 Å². The van der Waals surface area contributed by atoms with Crippen LogP contribution in [-0.2, 0) is 6.54 Å². The molecule has 0 spiro atoms. The van der Waals surface area contributed by atoms with Crippen LogP contribution in [0, 0.1) is 0 Å². The molecule has 0 aliphatic heterocycles. The molecule has 9 nitrogen and oxygen atoms in total. The first-order chi connectivity index (χ1) is 17.4. The Hall–Kier alpha value is -4.02. The van der Waals surface area contributed by atoms with E-state index in [1.807, 2.05) is 38.4 Å². The molecule has 36 heavy (non-hydrogen) atoms. The van der Waals surface area contributed by atoms with Crippen molar-refractivity contribution in [3.05, 3.63) is 78.1 Å². The molecule has 2 heterocycles. The van der Waals surface area contributed by atoms with Crippen LogP contribution in [0.5, 0.6) is 0 Å². The lowest BCUT2D eigenvalue weighted by molar-refractivity contribution is 0.102. The quantitative estimate of drug-likeness (QED) is 0.289. The van der Waals surface area contributed by atoms with Gasteiger partial charge in [-0.15, -0.1) is 0 Å². The van der Waals surface area contributed by atoms with Crippen LogP contribution in [0.1, 0.15) is 22.5 Å². The Bertz CT molecular complexity index is 1300. The Labute approximate surface area is 214 Å². The number of pyridine rings is 1. The molecule has 0 saturated heterocycles. The van der Waals surface area contributed by atoms with Gasteiger partial charge < -0.3 is 20.9 Å². The van der Waals surface area contributed by atoms with E-state index >= 15 is 0 Å². The first-order valence-electron chi connectivity index (χ1n) is 11.6. The fraction of sp³-hybridized carbons (Fsp3) is 0.231.